The molecule has 17 heteroatoms. The number of hydrogen-bond donors (Lipinski definition) is 1. The Morgan fingerprint density at radius 3 is 2.51 bits per heavy atom. The molecule has 4 rings (SSSR count). The van der Waals surface area contributed by atoms with Crippen LogP contribution in [0.15, 0.2) is 27.5 Å². The molecule has 3 heterocycles. The van der Waals surface area contributed by atoms with Gasteiger partial charge in [-0.2, -0.15) is 35.0 Å². The molecule has 0 saturated carbocycles. The lowest BCUT2D eigenvalue weighted by molar-refractivity contribution is -0.270. The van der Waals surface area contributed by atoms with Crippen molar-refractivity contribution in [1.29, 1.82) is 0 Å². The van der Waals surface area contributed by atoms with Crippen molar-refractivity contribution in [2.45, 2.75) is 48.5 Å². The maximum Gasteiger partial charge on any atom is 0.463 e. The number of alkyl halides is 7. The van der Waals surface area contributed by atoms with E-state index >= 15 is 0 Å². The highest BCUT2D eigenvalue weighted by molar-refractivity contribution is 7.89. The summed E-state index contributed by atoms with van der Waals surface area (Å²) in [6.45, 7) is -0.808. The van der Waals surface area contributed by atoms with Gasteiger partial charge in [0.05, 0.1) is 23.6 Å². The van der Waals surface area contributed by atoms with E-state index in [-0.39, 0.29) is 48.1 Å². The fourth-order valence-electron chi connectivity index (χ4n) is 3.74. The van der Waals surface area contributed by atoms with Gasteiger partial charge in [-0.15, -0.1) is 10.2 Å². The van der Waals surface area contributed by atoms with Gasteiger partial charge in [-0.3, -0.25) is 4.79 Å². The fourth-order valence-corrected chi connectivity index (χ4v) is 5.60. The molecule has 2 aliphatic heterocycles. The van der Waals surface area contributed by atoms with Crippen LogP contribution in [-0.2, 0) is 26.1 Å². The highest BCUT2D eigenvalue weighted by Crippen LogP contribution is 2.38. The number of nitrogens with one attached hydrogen (secondary N) is 1. The van der Waals surface area contributed by atoms with Crippen molar-refractivity contribution in [3.8, 4) is 11.5 Å². The van der Waals surface area contributed by atoms with Gasteiger partial charge in [0, 0.05) is 18.7 Å². The van der Waals surface area contributed by atoms with Crippen molar-refractivity contribution in [1.82, 2.24) is 19.8 Å². The molecule has 1 N–H and O–H groups in total. The maximum absolute atomic E-state index is 13.4. The van der Waals surface area contributed by atoms with Crippen LogP contribution in [0.4, 0.5) is 30.7 Å². The average molecular weight is 532 g/mol. The number of halogens is 7. The lowest BCUT2D eigenvalue weighted by atomic mass is 10.0. The van der Waals surface area contributed by atoms with Crippen molar-refractivity contribution < 1.29 is 53.1 Å². The van der Waals surface area contributed by atoms with E-state index in [1.54, 1.807) is 5.32 Å². The van der Waals surface area contributed by atoms with E-state index in [0.717, 1.165) is 10.4 Å². The quantitative estimate of drug-likeness (QED) is 0.589. The normalized spacial score (nSPS) is 22.9. The molecule has 192 valence electrons. The molecule has 0 bridgehead atoms. The standard InChI is InChI=1S/C18H15F7N4O5S/c19-13(20)15-28-27-14(34-15)8-1-2-9-6-29(35(31,32)12(9)5-8)11-7-33-4-3-10(11)26-16(30)17(21,22)18(23,24)25/h1-2,5,10-11,13H,3-4,6-7H2,(H,26,30)/t10-,11-/m1/s1. The van der Waals surface area contributed by atoms with Crippen molar-refractivity contribution in [3.63, 3.8) is 0 Å². The minimum Gasteiger partial charge on any atom is -0.415 e. The van der Waals surface area contributed by atoms with Crippen LogP contribution in [0, 0.1) is 0 Å². The molecule has 1 aromatic heterocycles. The first kappa shape index (κ1) is 25.3. The van der Waals surface area contributed by atoms with Crippen LogP contribution < -0.4 is 5.32 Å². The Balaban J connectivity index is 1.60. The van der Waals surface area contributed by atoms with Crippen LogP contribution in [0.3, 0.4) is 0 Å². The molecule has 35 heavy (non-hydrogen) atoms. The lowest BCUT2D eigenvalue weighted by Gasteiger charge is -2.37. The van der Waals surface area contributed by atoms with Gasteiger partial charge < -0.3 is 14.5 Å². The molecule has 2 aliphatic rings. The number of benzene rings is 1. The number of ether oxygens (including phenoxy) is 1. The van der Waals surface area contributed by atoms with Gasteiger partial charge in [0.15, 0.2) is 0 Å². The Morgan fingerprint density at radius 2 is 1.89 bits per heavy atom. The molecule has 0 radical (unpaired) electrons. The number of aromatic nitrogens is 2. The topological polar surface area (TPSA) is 115 Å². The summed E-state index contributed by atoms with van der Waals surface area (Å²) in [7, 11) is -4.36. The second-order valence-corrected chi connectivity index (χ2v) is 9.56. The SMILES string of the molecule is O=C(N[C@@H]1CCOC[C@H]1N1Cc2ccc(-c3nnc(C(F)F)o3)cc2S1(=O)=O)C(F)(F)C(F)(F)F. The largest absolute Gasteiger partial charge is 0.463 e. The minimum absolute atomic E-state index is 0.00291. The molecule has 0 spiro atoms. The third kappa shape index (κ3) is 4.47. The van der Waals surface area contributed by atoms with Gasteiger partial charge in [0.1, 0.15) is 0 Å². The smallest absolute Gasteiger partial charge is 0.415 e. The van der Waals surface area contributed by atoms with Crippen molar-refractivity contribution >= 4 is 15.9 Å². The lowest BCUT2D eigenvalue weighted by Crippen LogP contribution is -2.60. The summed E-state index contributed by atoms with van der Waals surface area (Å²) in [4.78, 5) is 11.4. The van der Waals surface area contributed by atoms with Crippen molar-refractivity contribution in [2.75, 3.05) is 13.2 Å². The first-order chi connectivity index (χ1) is 16.2. The van der Waals surface area contributed by atoms with Crippen molar-refractivity contribution in [3.05, 3.63) is 29.7 Å². The first-order valence-electron chi connectivity index (χ1n) is 9.83. The van der Waals surface area contributed by atoms with E-state index in [4.69, 9.17) is 9.15 Å². The number of hydrogen-bond acceptors (Lipinski definition) is 7. The second kappa shape index (κ2) is 8.70. The Bertz CT molecular complexity index is 1230. The maximum atomic E-state index is 13.4. The van der Waals surface area contributed by atoms with Gasteiger partial charge >= 0.3 is 24.4 Å². The molecule has 1 aromatic carbocycles. The highest BCUT2D eigenvalue weighted by Gasteiger charge is 2.64. The Labute approximate surface area is 192 Å². The van der Waals surface area contributed by atoms with Crippen LogP contribution in [0.25, 0.3) is 11.5 Å². The zero-order valence-corrected chi connectivity index (χ0v) is 18.0. The monoisotopic (exact) mass is 532 g/mol. The molecule has 2 atom stereocenters. The molecule has 1 amide bonds. The van der Waals surface area contributed by atoms with Crippen LogP contribution in [0.2, 0.25) is 0 Å². The van der Waals surface area contributed by atoms with Crippen LogP contribution in [-0.4, -0.2) is 66.2 Å². The molecular weight excluding hydrogens is 517 g/mol. The van der Waals surface area contributed by atoms with E-state index in [1.807, 2.05) is 0 Å². The predicted octanol–water partition coefficient (Wildman–Crippen LogP) is 2.65. The van der Waals surface area contributed by atoms with Crippen LogP contribution in [0.5, 0.6) is 0 Å². The zero-order chi connectivity index (χ0) is 25.8. The molecule has 1 saturated heterocycles. The van der Waals surface area contributed by atoms with E-state index < -0.39 is 52.4 Å². The third-order valence-electron chi connectivity index (χ3n) is 5.51. The molecular formula is C18H15F7N4O5S. The first-order valence-corrected chi connectivity index (χ1v) is 11.3. The third-order valence-corrected chi connectivity index (χ3v) is 7.46. The van der Waals surface area contributed by atoms with Crippen LogP contribution in [0.1, 0.15) is 24.3 Å². The summed E-state index contributed by atoms with van der Waals surface area (Å²) in [5.74, 6) is -9.64. The summed E-state index contributed by atoms with van der Waals surface area (Å²) in [5, 5.41) is 8.21. The number of nitrogens with zero attached hydrogens (tertiary/aromatic N) is 3. The Kier molecular flexibility index (Phi) is 6.29. The summed E-state index contributed by atoms with van der Waals surface area (Å²) in [5.41, 5.74) is 0.224. The molecule has 1 fully saturated rings. The second-order valence-electron chi connectivity index (χ2n) is 7.70. The average Bonchev–Trinajstić information content (AvgIpc) is 3.36. The molecule has 9 nitrogen and oxygen atoms in total. The number of fused-ring (bicyclic) bond motifs is 1. The van der Waals surface area contributed by atoms with E-state index in [1.165, 1.54) is 12.1 Å². The fraction of sp³-hybridized carbons (Fsp3) is 0.500. The van der Waals surface area contributed by atoms with Crippen molar-refractivity contribution in [2.24, 2.45) is 0 Å². The summed E-state index contributed by atoms with van der Waals surface area (Å²) in [6.07, 6.45) is -9.41. The van der Waals surface area contributed by atoms with Gasteiger partial charge in [-0.1, -0.05) is 6.07 Å². The number of carbonyl (C=O) groups is 1. The van der Waals surface area contributed by atoms with Gasteiger partial charge in [0.2, 0.25) is 15.9 Å². The zero-order valence-electron chi connectivity index (χ0n) is 17.2. The van der Waals surface area contributed by atoms with E-state index in [2.05, 4.69) is 10.2 Å². The molecule has 0 unspecified atom stereocenters. The van der Waals surface area contributed by atoms with Gasteiger partial charge in [0.25, 0.3) is 5.89 Å². The number of amides is 1. The van der Waals surface area contributed by atoms with Gasteiger partial charge in [-0.05, 0) is 24.1 Å². The predicted molar refractivity (Wildman–Crippen MR) is 99.6 cm³/mol. The molecule has 2 aromatic rings. The number of sulfonamides is 1. The van der Waals surface area contributed by atoms with Gasteiger partial charge in [-0.25, -0.2) is 8.42 Å². The minimum atomic E-state index is -6.14. The molecule has 0 aliphatic carbocycles. The summed E-state index contributed by atoms with van der Waals surface area (Å²) < 4.78 is 127. The number of rotatable bonds is 5. The number of carbonyl (C=O) groups excluding carboxylic acids is 1. The summed E-state index contributed by atoms with van der Waals surface area (Å²) >= 11 is 0. The Hall–Kier alpha value is -2.79. The highest BCUT2D eigenvalue weighted by atomic mass is 32.2. The van der Waals surface area contributed by atoms with Crippen LogP contribution >= 0.6 is 0 Å². The van der Waals surface area contributed by atoms with E-state index in [9.17, 15) is 43.9 Å². The Morgan fingerprint density at radius 1 is 1.17 bits per heavy atom. The van der Waals surface area contributed by atoms with E-state index in [0.29, 0.717) is 0 Å². The summed E-state index contributed by atoms with van der Waals surface area (Å²) in [6, 6.07) is 1.05.